The van der Waals surface area contributed by atoms with Crippen LogP contribution in [-0.4, -0.2) is 6.04 Å². The Labute approximate surface area is 91.5 Å². The summed E-state index contributed by atoms with van der Waals surface area (Å²) in [5, 5.41) is 3.53. The molecule has 0 fully saturated rings. The van der Waals surface area contributed by atoms with E-state index in [-0.39, 0.29) is 0 Å². The van der Waals surface area contributed by atoms with Crippen molar-refractivity contribution in [2.24, 2.45) is 5.92 Å². The second-order valence-electron chi connectivity index (χ2n) is 4.08. The summed E-state index contributed by atoms with van der Waals surface area (Å²) in [6.07, 6.45) is 7.24. The predicted octanol–water partition coefficient (Wildman–Crippen LogP) is 3.40. The van der Waals surface area contributed by atoms with Crippen molar-refractivity contribution in [2.45, 2.75) is 19.4 Å². The van der Waals surface area contributed by atoms with Gasteiger partial charge in [-0.05, 0) is 25.0 Å². The molecule has 2 atom stereocenters. The molecule has 1 aromatic rings. The average Bonchev–Trinajstić information content (AvgIpc) is 2.26. The van der Waals surface area contributed by atoms with Crippen LogP contribution in [0.15, 0.2) is 49.1 Å². The molecule has 78 valence electrons. The molecule has 15 heavy (non-hydrogen) atoms. The number of allylic oxidation sites excluding steroid dienone is 2. The van der Waals surface area contributed by atoms with Gasteiger partial charge in [-0.1, -0.05) is 43.0 Å². The Morgan fingerprint density at radius 2 is 2.20 bits per heavy atom. The molecule has 0 aliphatic carbocycles. The van der Waals surface area contributed by atoms with E-state index in [0.29, 0.717) is 12.0 Å². The maximum absolute atomic E-state index is 3.71. The van der Waals surface area contributed by atoms with Crippen molar-refractivity contribution < 1.29 is 0 Å². The van der Waals surface area contributed by atoms with Crippen LogP contribution in [0.4, 0.5) is 5.69 Å². The maximum atomic E-state index is 3.71. The molecule has 0 aromatic heterocycles. The number of anilines is 1. The van der Waals surface area contributed by atoms with E-state index in [1.165, 1.54) is 11.3 Å². The molecule has 1 heterocycles. The molecule has 0 bridgehead atoms. The molecule has 0 saturated heterocycles. The van der Waals surface area contributed by atoms with Gasteiger partial charge >= 0.3 is 0 Å². The van der Waals surface area contributed by atoms with Crippen LogP contribution in [0.2, 0.25) is 0 Å². The van der Waals surface area contributed by atoms with Crippen LogP contribution in [0, 0.1) is 5.92 Å². The first kappa shape index (κ1) is 10.0. The first-order chi connectivity index (χ1) is 7.31. The lowest BCUT2D eigenvalue weighted by Crippen LogP contribution is -2.31. The monoisotopic (exact) mass is 199 g/mol. The van der Waals surface area contributed by atoms with Gasteiger partial charge in [0.15, 0.2) is 0 Å². The Morgan fingerprint density at radius 1 is 1.40 bits per heavy atom. The van der Waals surface area contributed by atoms with E-state index < -0.39 is 0 Å². The van der Waals surface area contributed by atoms with Gasteiger partial charge in [0.25, 0.3) is 0 Å². The zero-order valence-electron chi connectivity index (χ0n) is 9.11. The van der Waals surface area contributed by atoms with Gasteiger partial charge < -0.3 is 5.32 Å². The van der Waals surface area contributed by atoms with Gasteiger partial charge in [0, 0.05) is 17.6 Å². The molecule has 1 heteroatoms. The minimum Gasteiger partial charge on any atom is -0.382 e. The van der Waals surface area contributed by atoms with Crippen LogP contribution in [0.5, 0.6) is 0 Å². The molecule has 0 amide bonds. The highest BCUT2D eigenvalue weighted by Gasteiger charge is 2.21. The van der Waals surface area contributed by atoms with Gasteiger partial charge in [0.2, 0.25) is 0 Å². The predicted molar refractivity (Wildman–Crippen MR) is 66.1 cm³/mol. The Balaban J connectivity index is 2.21. The summed E-state index contributed by atoms with van der Waals surface area (Å²) in [6.45, 7) is 5.94. The third-order valence-corrected chi connectivity index (χ3v) is 2.99. The molecular formula is C14H17N. The van der Waals surface area contributed by atoms with E-state index in [9.17, 15) is 0 Å². The molecule has 1 N–H and O–H groups in total. The fourth-order valence-corrected chi connectivity index (χ4v) is 2.08. The summed E-state index contributed by atoms with van der Waals surface area (Å²) in [4.78, 5) is 0. The second-order valence-corrected chi connectivity index (χ2v) is 4.08. The first-order valence-electron chi connectivity index (χ1n) is 5.45. The topological polar surface area (TPSA) is 12.0 Å². The van der Waals surface area contributed by atoms with Crippen molar-refractivity contribution >= 4 is 5.69 Å². The van der Waals surface area contributed by atoms with E-state index >= 15 is 0 Å². The normalized spacial score (nSPS) is 24.6. The summed E-state index contributed by atoms with van der Waals surface area (Å²) in [6, 6.07) is 9.03. The highest BCUT2D eigenvalue weighted by atomic mass is 14.9. The number of hydrogen-bond donors (Lipinski definition) is 1. The van der Waals surface area contributed by atoms with Crippen molar-refractivity contribution in [1.82, 2.24) is 0 Å². The molecule has 1 aromatic carbocycles. The molecule has 2 rings (SSSR count). The molecule has 0 saturated carbocycles. The standard InChI is InChI=1S/C14H17N/c1-3-4-7-12-10-13-8-5-6-9-14(13)15-11(12)2/h3-9,11-12,15H,1,10H2,2H3/b7-4-. The van der Waals surface area contributed by atoms with Crippen molar-refractivity contribution in [3.05, 3.63) is 54.6 Å². The van der Waals surface area contributed by atoms with Gasteiger partial charge in [-0.3, -0.25) is 0 Å². The third-order valence-electron chi connectivity index (χ3n) is 2.99. The van der Waals surface area contributed by atoms with Gasteiger partial charge in [-0.15, -0.1) is 0 Å². The minimum atomic E-state index is 0.496. The van der Waals surface area contributed by atoms with Gasteiger partial charge in [-0.25, -0.2) is 0 Å². The summed E-state index contributed by atoms with van der Waals surface area (Å²) in [7, 11) is 0. The van der Waals surface area contributed by atoms with E-state index in [2.05, 4.69) is 49.2 Å². The third kappa shape index (κ3) is 2.12. The SMILES string of the molecule is C=C/C=C\C1Cc2ccccc2NC1C. The summed E-state index contributed by atoms with van der Waals surface area (Å²) < 4.78 is 0. The Bertz CT molecular complexity index is 379. The van der Waals surface area contributed by atoms with Crippen molar-refractivity contribution in [3.63, 3.8) is 0 Å². The summed E-state index contributed by atoms with van der Waals surface area (Å²) in [5.41, 5.74) is 2.70. The van der Waals surface area contributed by atoms with Crippen LogP contribution >= 0.6 is 0 Å². The van der Waals surface area contributed by atoms with Gasteiger partial charge in [0.1, 0.15) is 0 Å². The molecule has 1 aliphatic rings. The lowest BCUT2D eigenvalue weighted by atomic mass is 9.88. The van der Waals surface area contributed by atoms with Crippen LogP contribution in [-0.2, 0) is 6.42 Å². The van der Waals surface area contributed by atoms with Crippen molar-refractivity contribution in [1.29, 1.82) is 0 Å². The quantitative estimate of drug-likeness (QED) is 0.720. The first-order valence-corrected chi connectivity index (χ1v) is 5.45. The van der Waals surface area contributed by atoms with E-state index in [1.807, 2.05) is 12.2 Å². The number of para-hydroxylation sites is 1. The van der Waals surface area contributed by atoms with Crippen molar-refractivity contribution in [2.75, 3.05) is 5.32 Å². The largest absolute Gasteiger partial charge is 0.382 e. The molecule has 1 aliphatic heterocycles. The van der Waals surface area contributed by atoms with Gasteiger partial charge in [0.05, 0.1) is 0 Å². The Kier molecular flexibility index (Phi) is 2.91. The molecule has 1 nitrogen and oxygen atoms in total. The molecule has 2 unspecified atom stereocenters. The maximum Gasteiger partial charge on any atom is 0.0375 e. The fraction of sp³-hybridized carbons (Fsp3) is 0.286. The van der Waals surface area contributed by atoms with Crippen molar-refractivity contribution in [3.8, 4) is 0 Å². The van der Waals surface area contributed by atoms with E-state index in [4.69, 9.17) is 0 Å². The van der Waals surface area contributed by atoms with E-state index in [1.54, 1.807) is 0 Å². The van der Waals surface area contributed by atoms with Crippen LogP contribution in [0.25, 0.3) is 0 Å². The Morgan fingerprint density at radius 3 is 3.00 bits per heavy atom. The number of nitrogens with one attached hydrogen (secondary N) is 1. The highest BCUT2D eigenvalue weighted by molar-refractivity contribution is 5.54. The fourth-order valence-electron chi connectivity index (χ4n) is 2.08. The molecular weight excluding hydrogens is 182 g/mol. The summed E-state index contributed by atoms with van der Waals surface area (Å²) >= 11 is 0. The number of benzene rings is 1. The lowest BCUT2D eigenvalue weighted by Gasteiger charge is -2.30. The lowest BCUT2D eigenvalue weighted by molar-refractivity contribution is 0.544. The molecule has 0 spiro atoms. The van der Waals surface area contributed by atoms with Crippen LogP contribution in [0.1, 0.15) is 12.5 Å². The zero-order chi connectivity index (χ0) is 10.7. The number of rotatable bonds is 2. The van der Waals surface area contributed by atoms with Crippen LogP contribution in [0.3, 0.4) is 0 Å². The highest BCUT2D eigenvalue weighted by Crippen LogP contribution is 2.28. The van der Waals surface area contributed by atoms with E-state index in [0.717, 1.165) is 6.42 Å². The minimum absolute atomic E-state index is 0.496. The number of fused-ring (bicyclic) bond motifs is 1. The zero-order valence-corrected chi connectivity index (χ0v) is 9.11. The molecule has 0 radical (unpaired) electrons. The number of hydrogen-bond acceptors (Lipinski definition) is 1. The van der Waals surface area contributed by atoms with Crippen LogP contribution < -0.4 is 5.32 Å². The second kappa shape index (κ2) is 4.35. The van der Waals surface area contributed by atoms with Gasteiger partial charge in [-0.2, -0.15) is 0 Å². The summed E-state index contributed by atoms with van der Waals surface area (Å²) in [5.74, 6) is 0.567. The smallest absolute Gasteiger partial charge is 0.0375 e. The average molecular weight is 199 g/mol. The Hall–Kier alpha value is -1.50.